The Bertz CT molecular complexity index is 597. The van der Waals surface area contributed by atoms with Crippen LogP contribution < -0.4 is 0 Å². The van der Waals surface area contributed by atoms with Crippen LogP contribution in [0, 0.1) is 6.92 Å². The molecule has 0 spiro atoms. The van der Waals surface area contributed by atoms with Crippen LogP contribution in [0.5, 0.6) is 0 Å². The van der Waals surface area contributed by atoms with Gasteiger partial charge in [-0.25, -0.2) is 13.8 Å². The fraction of sp³-hybridized carbons (Fsp3) is 0.750. The first kappa shape index (κ1) is 17.3. The van der Waals surface area contributed by atoms with E-state index in [2.05, 4.69) is 4.98 Å². The van der Waals surface area contributed by atoms with Crippen molar-refractivity contribution in [3.8, 4) is 0 Å². The number of likely N-dealkylation sites (tertiary alicyclic amines) is 2. The van der Waals surface area contributed by atoms with Crippen molar-refractivity contribution in [3.05, 3.63) is 18.2 Å². The summed E-state index contributed by atoms with van der Waals surface area (Å²) in [6.07, 6.45) is 3.56. The molecule has 1 amide bonds. The van der Waals surface area contributed by atoms with Crippen LogP contribution in [0.4, 0.5) is 8.78 Å². The zero-order chi connectivity index (χ0) is 17.4. The number of aromatic nitrogens is 2. The maximum Gasteiger partial charge on any atom is 0.250 e. The number of halogens is 2. The van der Waals surface area contributed by atoms with Crippen LogP contribution in [-0.2, 0) is 11.3 Å². The molecular weight excluding hydrogens is 318 g/mol. The molecule has 1 N–H and O–H groups in total. The molecule has 1 aromatic rings. The minimum atomic E-state index is -2.58. The van der Waals surface area contributed by atoms with Crippen LogP contribution in [0.2, 0.25) is 0 Å². The molecule has 3 heterocycles. The molecule has 134 valence electrons. The first-order valence-corrected chi connectivity index (χ1v) is 8.34. The summed E-state index contributed by atoms with van der Waals surface area (Å²) in [5.41, 5.74) is -1.01. The SMILES string of the molecule is Cc1nccn1CC(=O)N1CCC(O)(CN2CCC(F)(F)CC2)C1. The summed E-state index contributed by atoms with van der Waals surface area (Å²) in [6, 6.07) is 0. The van der Waals surface area contributed by atoms with Crippen molar-refractivity contribution < 1.29 is 18.7 Å². The quantitative estimate of drug-likeness (QED) is 0.883. The van der Waals surface area contributed by atoms with Gasteiger partial charge in [-0.15, -0.1) is 0 Å². The van der Waals surface area contributed by atoms with E-state index in [-0.39, 0.29) is 44.9 Å². The number of rotatable bonds is 4. The van der Waals surface area contributed by atoms with E-state index in [4.69, 9.17) is 0 Å². The highest BCUT2D eigenvalue weighted by molar-refractivity contribution is 5.76. The Morgan fingerprint density at radius 1 is 1.29 bits per heavy atom. The lowest BCUT2D eigenvalue weighted by molar-refractivity contribution is -0.132. The van der Waals surface area contributed by atoms with Gasteiger partial charge in [-0.1, -0.05) is 0 Å². The molecule has 0 aliphatic carbocycles. The summed E-state index contributed by atoms with van der Waals surface area (Å²) >= 11 is 0. The summed E-state index contributed by atoms with van der Waals surface area (Å²) < 4.78 is 28.2. The number of alkyl halides is 2. The number of carbonyl (C=O) groups is 1. The third-order valence-corrected chi connectivity index (χ3v) is 5.02. The van der Waals surface area contributed by atoms with E-state index in [0.29, 0.717) is 19.5 Å². The van der Waals surface area contributed by atoms with Gasteiger partial charge >= 0.3 is 0 Å². The lowest BCUT2D eigenvalue weighted by Gasteiger charge is -2.36. The van der Waals surface area contributed by atoms with Gasteiger partial charge in [0.2, 0.25) is 5.91 Å². The zero-order valence-electron chi connectivity index (χ0n) is 13.9. The molecule has 0 radical (unpaired) electrons. The molecule has 6 nitrogen and oxygen atoms in total. The predicted molar refractivity (Wildman–Crippen MR) is 83.7 cm³/mol. The molecular formula is C16H24F2N4O2. The largest absolute Gasteiger partial charge is 0.387 e. The zero-order valence-corrected chi connectivity index (χ0v) is 13.9. The number of β-amino-alcohol motifs (C(OH)–C–C–N with tert-alkyl or cyclic N) is 1. The monoisotopic (exact) mass is 342 g/mol. The summed E-state index contributed by atoms with van der Waals surface area (Å²) in [6.45, 7) is 3.71. The van der Waals surface area contributed by atoms with E-state index >= 15 is 0 Å². The molecule has 2 fully saturated rings. The van der Waals surface area contributed by atoms with Crippen molar-refractivity contribution in [1.82, 2.24) is 19.4 Å². The minimum Gasteiger partial charge on any atom is -0.387 e. The van der Waals surface area contributed by atoms with Crippen LogP contribution in [0.15, 0.2) is 12.4 Å². The van der Waals surface area contributed by atoms with Crippen molar-refractivity contribution in [2.45, 2.75) is 44.3 Å². The third-order valence-electron chi connectivity index (χ3n) is 5.02. The maximum absolute atomic E-state index is 13.2. The van der Waals surface area contributed by atoms with Gasteiger partial charge in [0.05, 0.1) is 12.1 Å². The minimum absolute atomic E-state index is 0.0581. The topological polar surface area (TPSA) is 61.6 Å². The van der Waals surface area contributed by atoms with Crippen LogP contribution >= 0.6 is 0 Å². The molecule has 1 atom stereocenters. The molecule has 3 rings (SSSR count). The molecule has 2 aliphatic rings. The Balaban J connectivity index is 1.52. The van der Waals surface area contributed by atoms with E-state index in [1.54, 1.807) is 21.9 Å². The average Bonchev–Trinajstić information content (AvgIpc) is 3.09. The predicted octanol–water partition coefficient (Wildman–Crippen LogP) is 0.886. The highest BCUT2D eigenvalue weighted by Gasteiger charge is 2.42. The first-order valence-electron chi connectivity index (χ1n) is 8.34. The van der Waals surface area contributed by atoms with Crippen LogP contribution in [0.25, 0.3) is 0 Å². The number of carbonyl (C=O) groups excluding carboxylic acids is 1. The van der Waals surface area contributed by atoms with E-state index in [9.17, 15) is 18.7 Å². The average molecular weight is 342 g/mol. The third kappa shape index (κ3) is 3.92. The van der Waals surface area contributed by atoms with Crippen molar-refractivity contribution in [2.75, 3.05) is 32.7 Å². The number of hydrogen-bond acceptors (Lipinski definition) is 4. The second-order valence-corrected chi connectivity index (χ2v) is 7.02. The summed E-state index contributed by atoms with van der Waals surface area (Å²) in [4.78, 5) is 20.0. The Hall–Kier alpha value is -1.54. The number of piperidine rings is 1. The van der Waals surface area contributed by atoms with Gasteiger partial charge < -0.3 is 14.6 Å². The lowest BCUT2D eigenvalue weighted by Crippen LogP contribution is -2.49. The van der Waals surface area contributed by atoms with Crippen molar-refractivity contribution in [2.24, 2.45) is 0 Å². The maximum atomic E-state index is 13.2. The van der Waals surface area contributed by atoms with Gasteiger partial charge in [0, 0.05) is 51.4 Å². The Labute approximate surface area is 140 Å². The normalized spacial score (nSPS) is 27.6. The Morgan fingerprint density at radius 2 is 2.00 bits per heavy atom. The Kier molecular flexibility index (Phi) is 4.61. The molecule has 2 aliphatic heterocycles. The van der Waals surface area contributed by atoms with E-state index in [1.165, 1.54) is 0 Å². The van der Waals surface area contributed by atoms with Crippen LogP contribution in [-0.4, -0.2) is 74.6 Å². The van der Waals surface area contributed by atoms with Crippen LogP contribution in [0.1, 0.15) is 25.1 Å². The van der Waals surface area contributed by atoms with Crippen molar-refractivity contribution >= 4 is 5.91 Å². The number of nitrogens with zero attached hydrogens (tertiary/aromatic N) is 4. The van der Waals surface area contributed by atoms with Crippen LogP contribution in [0.3, 0.4) is 0 Å². The molecule has 0 saturated carbocycles. The molecule has 1 aromatic heterocycles. The number of aliphatic hydroxyl groups is 1. The second-order valence-electron chi connectivity index (χ2n) is 7.02. The molecule has 24 heavy (non-hydrogen) atoms. The van der Waals surface area contributed by atoms with E-state index in [0.717, 1.165) is 5.82 Å². The van der Waals surface area contributed by atoms with E-state index in [1.807, 2.05) is 11.8 Å². The Morgan fingerprint density at radius 3 is 2.62 bits per heavy atom. The molecule has 0 bridgehead atoms. The highest BCUT2D eigenvalue weighted by atomic mass is 19.3. The standard InChI is InChI=1S/C16H24F2N4O2/c1-13-19-5-9-21(13)10-14(23)22-8-2-15(24,12-22)11-20-6-3-16(17,18)4-7-20/h5,9,24H,2-4,6-8,10-12H2,1H3. The molecule has 1 unspecified atom stereocenters. The van der Waals surface area contributed by atoms with Crippen molar-refractivity contribution in [3.63, 3.8) is 0 Å². The number of imidazole rings is 1. The van der Waals surface area contributed by atoms with Gasteiger partial charge in [-0.2, -0.15) is 0 Å². The molecule has 2 saturated heterocycles. The summed E-state index contributed by atoms with van der Waals surface area (Å²) in [7, 11) is 0. The molecule has 0 aromatic carbocycles. The number of amides is 1. The fourth-order valence-corrected chi connectivity index (χ4v) is 3.47. The smallest absolute Gasteiger partial charge is 0.250 e. The van der Waals surface area contributed by atoms with Gasteiger partial charge in [0.1, 0.15) is 12.4 Å². The highest BCUT2D eigenvalue weighted by Crippen LogP contribution is 2.30. The lowest BCUT2D eigenvalue weighted by atomic mass is 10.00. The van der Waals surface area contributed by atoms with Gasteiger partial charge in [-0.05, 0) is 13.3 Å². The number of hydrogen-bond donors (Lipinski definition) is 1. The van der Waals surface area contributed by atoms with Gasteiger partial charge in [0.25, 0.3) is 5.92 Å². The van der Waals surface area contributed by atoms with Crippen molar-refractivity contribution in [1.29, 1.82) is 0 Å². The second kappa shape index (κ2) is 6.40. The summed E-state index contributed by atoms with van der Waals surface area (Å²) in [5.74, 6) is -1.87. The number of aryl methyl sites for hydroxylation is 1. The molecule has 8 heteroatoms. The van der Waals surface area contributed by atoms with E-state index < -0.39 is 11.5 Å². The summed E-state index contributed by atoms with van der Waals surface area (Å²) in [5, 5.41) is 10.7. The van der Waals surface area contributed by atoms with Gasteiger partial charge in [-0.3, -0.25) is 9.69 Å². The first-order chi connectivity index (χ1) is 11.3. The fourth-order valence-electron chi connectivity index (χ4n) is 3.47. The van der Waals surface area contributed by atoms with Gasteiger partial charge in [0.15, 0.2) is 0 Å².